The zero-order valence-corrected chi connectivity index (χ0v) is 12.3. The number of halogens is 2. The molecule has 5 heteroatoms. The maximum atomic E-state index is 13.4. The Morgan fingerprint density at radius 1 is 1.14 bits per heavy atom. The number of benzene rings is 2. The highest BCUT2D eigenvalue weighted by Crippen LogP contribution is 2.39. The number of nitrogens with one attached hydrogen (secondary N) is 1. The van der Waals surface area contributed by atoms with Gasteiger partial charge in [-0.25, -0.2) is 4.39 Å². The van der Waals surface area contributed by atoms with Crippen LogP contribution in [0.3, 0.4) is 0 Å². The van der Waals surface area contributed by atoms with E-state index in [2.05, 4.69) is 5.32 Å². The van der Waals surface area contributed by atoms with Crippen molar-refractivity contribution in [1.82, 2.24) is 5.32 Å². The van der Waals surface area contributed by atoms with Crippen LogP contribution in [0.4, 0.5) is 4.39 Å². The van der Waals surface area contributed by atoms with E-state index in [-0.39, 0.29) is 11.9 Å². The molecule has 0 spiro atoms. The van der Waals surface area contributed by atoms with Gasteiger partial charge in [0, 0.05) is 11.1 Å². The summed E-state index contributed by atoms with van der Waals surface area (Å²) >= 11 is 6.36. The van der Waals surface area contributed by atoms with Gasteiger partial charge in [0.25, 0.3) is 0 Å². The summed E-state index contributed by atoms with van der Waals surface area (Å²) in [6, 6.07) is 9.83. The second-order valence-electron chi connectivity index (χ2n) is 4.79. The molecule has 0 saturated carbocycles. The Kier molecular flexibility index (Phi) is 3.99. The quantitative estimate of drug-likeness (QED) is 0.940. The van der Waals surface area contributed by atoms with Gasteiger partial charge < -0.3 is 14.8 Å². The largest absolute Gasteiger partial charge is 0.486 e. The van der Waals surface area contributed by atoms with Gasteiger partial charge in [0.15, 0.2) is 11.5 Å². The van der Waals surface area contributed by atoms with E-state index in [9.17, 15) is 4.39 Å². The molecule has 21 heavy (non-hydrogen) atoms. The molecular formula is C16H15ClFNO2. The minimum absolute atomic E-state index is 0.218. The van der Waals surface area contributed by atoms with Crippen LogP contribution in [0.2, 0.25) is 5.02 Å². The fourth-order valence-corrected chi connectivity index (χ4v) is 2.75. The highest BCUT2D eigenvalue weighted by atomic mass is 35.5. The lowest BCUT2D eigenvalue weighted by Gasteiger charge is -2.23. The van der Waals surface area contributed by atoms with E-state index < -0.39 is 0 Å². The van der Waals surface area contributed by atoms with Crippen LogP contribution in [-0.4, -0.2) is 20.3 Å². The van der Waals surface area contributed by atoms with Crippen molar-refractivity contribution in [3.05, 3.63) is 58.4 Å². The average molecular weight is 308 g/mol. The van der Waals surface area contributed by atoms with Gasteiger partial charge in [0.1, 0.15) is 19.0 Å². The first-order valence-corrected chi connectivity index (χ1v) is 7.08. The zero-order chi connectivity index (χ0) is 14.8. The molecule has 0 bridgehead atoms. The Morgan fingerprint density at radius 3 is 2.52 bits per heavy atom. The lowest BCUT2D eigenvalue weighted by atomic mass is 9.98. The minimum Gasteiger partial charge on any atom is -0.486 e. The third kappa shape index (κ3) is 2.82. The Bertz CT molecular complexity index is 663. The Hall–Kier alpha value is -1.78. The van der Waals surface area contributed by atoms with Crippen molar-refractivity contribution in [2.24, 2.45) is 0 Å². The standard InChI is InChI=1S/C16H15ClFNO2/c1-19-16(10-3-2-4-11(18)7-10)12-8-14-15(9-13(12)17)21-6-5-20-14/h2-4,7-9,16,19H,5-6H2,1H3. The van der Waals surface area contributed by atoms with Crippen LogP contribution in [-0.2, 0) is 0 Å². The molecule has 0 aliphatic carbocycles. The van der Waals surface area contributed by atoms with Gasteiger partial charge in [0.2, 0.25) is 0 Å². The summed E-state index contributed by atoms with van der Waals surface area (Å²) < 4.78 is 24.5. The van der Waals surface area contributed by atoms with Crippen molar-refractivity contribution < 1.29 is 13.9 Å². The van der Waals surface area contributed by atoms with E-state index in [1.54, 1.807) is 12.1 Å². The summed E-state index contributed by atoms with van der Waals surface area (Å²) in [6.07, 6.45) is 0. The molecule has 3 nitrogen and oxygen atoms in total. The molecule has 1 unspecified atom stereocenters. The molecule has 2 aromatic rings. The Balaban J connectivity index is 2.04. The molecule has 0 amide bonds. The third-order valence-corrected chi connectivity index (χ3v) is 3.77. The first kappa shape index (κ1) is 14.2. The van der Waals surface area contributed by atoms with E-state index in [0.717, 1.165) is 11.1 Å². The highest BCUT2D eigenvalue weighted by molar-refractivity contribution is 6.31. The van der Waals surface area contributed by atoms with E-state index in [1.807, 2.05) is 19.2 Å². The van der Waals surface area contributed by atoms with Crippen molar-refractivity contribution in [3.63, 3.8) is 0 Å². The fourth-order valence-electron chi connectivity index (χ4n) is 2.49. The van der Waals surface area contributed by atoms with Crippen molar-refractivity contribution in [2.45, 2.75) is 6.04 Å². The minimum atomic E-state index is -0.276. The molecule has 1 N–H and O–H groups in total. The first-order valence-electron chi connectivity index (χ1n) is 6.71. The zero-order valence-electron chi connectivity index (χ0n) is 11.5. The van der Waals surface area contributed by atoms with E-state index >= 15 is 0 Å². The fraction of sp³-hybridized carbons (Fsp3) is 0.250. The highest BCUT2D eigenvalue weighted by Gasteiger charge is 2.21. The van der Waals surface area contributed by atoms with Crippen molar-refractivity contribution in [1.29, 1.82) is 0 Å². The van der Waals surface area contributed by atoms with Gasteiger partial charge in [-0.05, 0) is 36.4 Å². The number of hydrogen-bond donors (Lipinski definition) is 1. The summed E-state index contributed by atoms with van der Waals surface area (Å²) in [7, 11) is 1.81. The first-order chi connectivity index (χ1) is 10.2. The summed E-state index contributed by atoms with van der Waals surface area (Å²) in [5.41, 5.74) is 1.63. The van der Waals surface area contributed by atoms with E-state index in [4.69, 9.17) is 21.1 Å². The lowest BCUT2D eigenvalue weighted by molar-refractivity contribution is 0.171. The maximum Gasteiger partial charge on any atom is 0.162 e. The van der Waals surface area contributed by atoms with Gasteiger partial charge >= 0.3 is 0 Å². The van der Waals surface area contributed by atoms with Crippen molar-refractivity contribution >= 4 is 11.6 Å². The molecule has 3 rings (SSSR count). The van der Waals surface area contributed by atoms with Crippen molar-refractivity contribution in [2.75, 3.05) is 20.3 Å². The number of ether oxygens (including phenoxy) is 2. The second-order valence-corrected chi connectivity index (χ2v) is 5.20. The van der Waals surface area contributed by atoms with Crippen LogP contribution < -0.4 is 14.8 Å². The lowest BCUT2D eigenvalue weighted by Crippen LogP contribution is -2.20. The number of hydrogen-bond acceptors (Lipinski definition) is 3. The van der Waals surface area contributed by atoms with Crippen LogP contribution in [0.25, 0.3) is 0 Å². The van der Waals surface area contributed by atoms with E-state index in [0.29, 0.717) is 29.7 Å². The molecule has 0 aromatic heterocycles. The maximum absolute atomic E-state index is 13.4. The summed E-state index contributed by atoms with van der Waals surface area (Å²) in [5, 5.41) is 3.72. The SMILES string of the molecule is CNC(c1cccc(F)c1)c1cc2c(cc1Cl)OCCO2. The topological polar surface area (TPSA) is 30.5 Å². The summed E-state index contributed by atoms with van der Waals surface area (Å²) in [4.78, 5) is 0. The van der Waals surface area contributed by atoms with E-state index in [1.165, 1.54) is 12.1 Å². The molecule has 1 heterocycles. The molecule has 0 fully saturated rings. The molecule has 1 aliphatic heterocycles. The van der Waals surface area contributed by atoms with Crippen molar-refractivity contribution in [3.8, 4) is 11.5 Å². The number of rotatable bonds is 3. The van der Waals surface area contributed by atoms with Gasteiger partial charge in [0.05, 0.1) is 6.04 Å². The average Bonchev–Trinajstić information content (AvgIpc) is 2.48. The molecule has 110 valence electrons. The molecule has 0 saturated heterocycles. The summed E-state index contributed by atoms with van der Waals surface area (Å²) in [6.45, 7) is 1.03. The van der Waals surface area contributed by atoms with Crippen LogP contribution in [0, 0.1) is 5.82 Å². The molecule has 1 aliphatic rings. The number of fused-ring (bicyclic) bond motifs is 1. The van der Waals surface area contributed by atoms with Crippen LogP contribution in [0.1, 0.15) is 17.2 Å². The van der Waals surface area contributed by atoms with Crippen LogP contribution in [0.5, 0.6) is 11.5 Å². The Labute approximate surface area is 127 Å². The monoisotopic (exact) mass is 307 g/mol. The predicted octanol–water partition coefficient (Wildman–Crippen LogP) is 3.56. The van der Waals surface area contributed by atoms with Crippen LogP contribution in [0.15, 0.2) is 36.4 Å². The van der Waals surface area contributed by atoms with Gasteiger partial charge in [-0.15, -0.1) is 0 Å². The molecule has 1 atom stereocenters. The molecule has 2 aromatic carbocycles. The second kappa shape index (κ2) is 5.92. The van der Waals surface area contributed by atoms with Gasteiger partial charge in [-0.3, -0.25) is 0 Å². The predicted molar refractivity (Wildman–Crippen MR) is 79.7 cm³/mol. The normalized spacial score (nSPS) is 14.8. The molecule has 0 radical (unpaired) electrons. The third-order valence-electron chi connectivity index (χ3n) is 3.44. The van der Waals surface area contributed by atoms with Crippen LogP contribution >= 0.6 is 11.6 Å². The Morgan fingerprint density at radius 2 is 1.86 bits per heavy atom. The van der Waals surface area contributed by atoms with Gasteiger partial charge in [-0.1, -0.05) is 23.7 Å². The summed E-state index contributed by atoms with van der Waals surface area (Å²) in [5.74, 6) is 1.03. The smallest absolute Gasteiger partial charge is 0.162 e. The van der Waals surface area contributed by atoms with Gasteiger partial charge in [-0.2, -0.15) is 0 Å². The molecular weight excluding hydrogens is 293 g/mol.